The molecule has 1 aliphatic heterocycles. The highest BCUT2D eigenvalue weighted by Crippen LogP contribution is 2.10. The minimum absolute atomic E-state index is 0.718. The lowest BCUT2D eigenvalue weighted by molar-refractivity contribution is 0.615. The quantitative estimate of drug-likeness (QED) is 0.767. The van der Waals surface area contributed by atoms with Gasteiger partial charge in [-0.3, -0.25) is 0 Å². The van der Waals surface area contributed by atoms with Gasteiger partial charge >= 0.3 is 0 Å². The SMILES string of the molecule is C(=Cc1ccccc1)CC1CCCN1. The minimum atomic E-state index is 0.718. The number of hydrogen-bond donors (Lipinski definition) is 1. The molecule has 14 heavy (non-hydrogen) atoms. The zero-order valence-electron chi connectivity index (χ0n) is 8.45. The topological polar surface area (TPSA) is 12.0 Å². The van der Waals surface area contributed by atoms with Gasteiger partial charge in [0, 0.05) is 6.04 Å². The average Bonchev–Trinajstić information content (AvgIpc) is 2.72. The first kappa shape index (κ1) is 9.47. The van der Waals surface area contributed by atoms with E-state index in [4.69, 9.17) is 0 Å². The molecule has 1 aliphatic rings. The summed E-state index contributed by atoms with van der Waals surface area (Å²) in [5.74, 6) is 0. The lowest BCUT2D eigenvalue weighted by Gasteiger charge is -2.04. The molecule has 1 nitrogen and oxygen atoms in total. The van der Waals surface area contributed by atoms with Crippen LogP contribution < -0.4 is 5.32 Å². The van der Waals surface area contributed by atoms with Gasteiger partial charge in [0.15, 0.2) is 0 Å². The standard InChI is InChI=1S/C13H17N/c1-2-6-12(7-3-1)8-4-9-13-10-5-11-14-13/h1-4,6-8,13-14H,5,9-11H2. The zero-order chi connectivity index (χ0) is 9.64. The maximum absolute atomic E-state index is 3.49. The van der Waals surface area contributed by atoms with Gasteiger partial charge in [0.25, 0.3) is 0 Å². The van der Waals surface area contributed by atoms with Gasteiger partial charge in [-0.1, -0.05) is 42.5 Å². The van der Waals surface area contributed by atoms with Gasteiger partial charge in [0.05, 0.1) is 0 Å². The second-order valence-corrected chi connectivity index (χ2v) is 3.84. The highest BCUT2D eigenvalue weighted by atomic mass is 14.9. The van der Waals surface area contributed by atoms with Crippen LogP contribution >= 0.6 is 0 Å². The van der Waals surface area contributed by atoms with Crippen LogP contribution in [0.4, 0.5) is 0 Å². The summed E-state index contributed by atoms with van der Waals surface area (Å²) in [5.41, 5.74) is 1.30. The molecule has 0 aliphatic carbocycles. The van der Waals surface area contributed by atoms with Crippen LogP contribution in [-0.4, -0.2) is 12.6 Å². The van der Waals surface area contributed by atoms with E-state index >= 15 is 0 Å². The summed E-state index contributed by atoms with van der Waals surface area (Å²) in [7, 11) is 0. The van der Waals surface area contributed by atoms with Crippen LogP contribution in [0.3, 0.4) is 0 Å². The highest BCUT2D eigenvalue weighted by Gasteiger charge is 2.11. The molecule has 0 bridgehead atoms. The van der Waals surface area contributed by atoms with Gasteiger partial charge in [0.1, 0.15) is 0 Å². The van der Waals surface area contributed by atoms with E-state index in [1.54, 1.807) is 0 Å². The maximum Gasteiger partial charge on any atom is 0.0102 e. The lowest BCUT2D eigenvalue weighted by atomic mass is 10.1. The molecule has 74 valence electrons. The Hall–Kier alpha value is -1.08. The highest BCUT2D eigenvalue weighted by molar-refractivity contribution is 5.48. The Kier molecular flexibility index (Phi) is 3.36. The fourth-order valence-electron chi connectivity index (χ4n) is 1.89. The van der Waals surface area contributed by atoms with Crippen molar-refractivity contribution in [1.29, 1.82) is 0 Å². The predicted molar refractivity (Wildman–Crippen MR) is 61.1 cm³/mol. The predicted octanol–water partition coefficient (Wildman–Crippen LogP) is 2.84. The van der Waals surface area contributed by atoms with Crippen LogP contribution in [0.1, 0.15) is 24.8 Å². The third-order valence-electron chi connectivity index (χ3n) is 2.69. The summed E-state index contributed by atoms with van der Waals surface area (Å²) in [6, 6.07) is 11.2. The molecular formula is C13H17N. The van der Waals surface area contributed by atoms with Crippen molar-refractivity contribution in [3.8, 4) is 0 Å². The zero-order valence-corrected chi connectivity index (χ0v) is 8.45. The van der Waals surface area contributed by atoms with Crippen molar-refractivity contribution in [1.82, 2.24) is 5.32 Å². The summed E-state index contributed by atoms with van der Waals surface area (Å²) in [5, 5.41) is 3.49. The van der Waals surface area contributed by atoms with E-state index in [9.17, 15) is 0 Å². The molecule has 1 atom stereocenters. The largest absolute Gasteiger partial charge is 0.314 e. The van der Waals surface area contributed by atoms with Crippen LogP contribution in [0.2, 0.25) is 0 Å². The molecule has 1 heterocycles. The summed E-state index contributed by atoms with van der Waals surface area (Å²) in [6.07, 6.45) is 8.32. The molecule has 0 aromatic heterocycles. The van der Waals surface area contributed by atoms with E-state index in [1.807, 2.05) is 0 Å². The molecule has 1 fully saturated rings. The van der Waals surface area contributed by atoms with Crippen LogP contribution in [0.25, 0.3) is 6.08 Å². The second kappa shape index (κ2) is 4.97. The van der Waals surface area contributed by atoms with Crippen molar-refractivity contribution in [2.24, 2.45) is 0 Å². The third kappa shape index (κ3) is 2.71. The Balaban J connectivity index is 1.82. The van der Waals surface area contributed by atoms with Gasteiger partial charge < -0.3 is 5.32 Å². The number of benzene rings is 1. The molecule has 1 N–H and O–H groups in total. The van der Waals surface area contributed by atoms with E-state index in [-0.39, 0.29) is 0 Å². The number of rotatable bonds is 3. The van der Waals surface area contributed by atoms with Crippen LogP contribution in [-0.2, 0) is 0 Å². The molecule has 1 aromatic rings. The van der Waals surface area contributed by atoms with Gasteiger partial charge in [-0.15, -0.1) is 0 Å². The minimum Gasteiger partial charge on any atom is -0.314 e. The van der Waals surface area contributed by atoms with Crippen molar-refractivity contribution in [3.63, 3.8) is 0 Å². The van der Waals surface area contributed by atoms with Crippen molar-refractivity contribution in [3.05, 3.63) is 42.0 Å². The van der Waals surface area contributed by atoms with Gasteiger partial charge in [-0.25, -0.2) is 0 Å². The van der Waals surface area contributed by atoms with Gasteiger partial charge in [-0.2, -0.15) is 0 Å². The Bertz CT molecular complexity index is 283. The Morgan fingerprint density at radius 3 is 2.86 bits per heavy atom. The van der Waals surface area contributed by atoms with E-state index < -0.39 is 0 Å². The monoisotopic (exact) mass is 187 g/mol. The van der Waals surface area contributed by atoms with E-state index in [0.717, 1.165) is 12.5 Å². The van der Waals surface area contributed by atoms with Crippen LogP contribution in [0.5, 0.6) is 0 Å². The van der Waals surface area contributed by atoms with Crippen molar-refractivity contribution < 1.29 is 0 Å². The number of nitrogens with one attached hydrogen (secondary N) is 1. The summed E-state index contributed by atoms with van der Waals surface area (Å²) in [4.78, 5) is 0. The molecular weight excluding hydrogens is 170 g/mol. The van der Waals surface area contributed by atoms with Crippen molar-refractivity contribution >= 4 is 6.08 Å². The molecule has 1 unspecified atom stereocenters. The third-order valence-corrected chi connectivity index (χ3v) is 2.69. The Morgan fingerprint density at radius 2 is 2.14 bits per heavy atom. The number of hydrogen-bond acceptors (Lipinski definition) is 1. The van der Waals surface area contributed by atoms with Crippen LogP contribution in [0.15, 0.2) is 36.4 Å². The molecule has 1 saturated heterocycles. The Labute approximate surface area is 85.8 Å². The fraction of sp³-hybridized carbons (Fsp3) is 0.385. The molecule has 1 aromatic carbocycles. The van der Waals surface area contributed by atoms with Crippen molar-refractivity contribution in [2.75, 3.05) is 6.54 Å². The fourth-order valence-corrected chi connectivity index (χ4v) is 1.89. The second-order valence-electron chi connectivity index (χ2n) is 3.84. The van der Waals surface area contributed by atoms with Gasteiger partial charge in [0.2, 0.25) is 0 Å². The van der Waals surface area contributed by atoms with Gasteiger partial charge in [-0.05, 0) is 31.4 Å². The van der Waals surface area contributed by atoms with E-state index in [0.29, 0.717) is 0 Å². The first-order valence-corrected chi connectivity index (χ1v) is 5.40. The summed E-state index contributed by atoms with van der Waals surface area (Å²) in [6.45, 7) is 1.20. The molecule has 2 rings (SSSR count). The van der Waals surface area contributed by atoms with Crippen LogP contribution in [0, 0.1) is 0 Å². The van der Waals surface area contributed by atoms with E-state index in [1.165, 1.54) is 24.9 Å². The first-order chi connectivity index (χ1) is 6.95. The van der Waals surface area contributed by atoms with Crippen molar-refractivity contribution in [2.45, 2.75) is 25.3 Å². The molecule has 0 saturated carbocycles. The van der Waals surface area contributed by atoms with E-state index in [2.05, 4.69) is 47.8 Å². The normalized spacial score (nSPS) is 21.9. The summed E-state index contributed by atoms with van der Waals surface area (Å²) >= 11 is 0. The smallest absolute Gasteiger partial charge is 0.0102 e. The summed E-state index contributed by atoms with van der Waals surface area (Å²) < 4.78 is 0. The average molecular weight is 187 g/mol. The molecule has 0 amide bonds. The molecule has 0 radical (unpaired) electrons. The molecule has 0 spiro atoms. The molecule has 1 heteroatoms. The first-order valence-electron chi connectivity index (χ1n) is 5.40. The Morgan fingerprint density at radius 1 is 1.29 bits per heavy atom. The lowest BCUT2D eigenvalue weighted by Crippen LogP contribution is -2.19. The maximum atomic E-state index is 3.49.